The van der Waals surface area contributed by atoms with Crippen LogP contribution in [0.3, 0.4) is 0 Å². The minimum absolute atomic E-state index is 0. The molecule has 19 heavy (non-hydrogen) atoms. The summed E-state index contributed by atoms with van der Waals surface area (Å²) in [7, 11) is -22.6. The first kappa shape index (κ1) is 27.4. The molecular formula is H7KNdO13P4. The third kappa shape index (κ3) is 17.7. The van der Waals surface area contributed by atoms with Crippen LogP contribution < -0.4 is 0 Å². The summed E-state index contributed by atoms with van der Waals surface area (Å²) in [5.41, 5.74) is 0. The minimum atomic E-state index is -5.77. The Morgan fingerprint density at radius 3 is 0.947 bits per heavy atom. The molecule has 0 fully saturated rings. The van der Waals surface area contributed by atoms with Gasteiger partial charge in [-0.3, -0.25) is 0 Å². The molecule has 0 aromatic rings. The monoisotopic (exact) mass is 520 g/mol. The van der Waals surface area contributed by atoms with Gasteiger partial charge in [-0.15, -0.1) is 0 Å². The van der Waals surface area contributed by atoms with E-state index >= 15 is 0 Å². The van der Waals surface area contributed by atoms with Crippen LogP contribution >= 0.6 is 31.3 Å². The molecule has 0 bridgehead atoms. The Balaban J connectivity index is -0.00000128. The quantitative estimate of drug-likeness (QED) is 0.178. The number of phosphoric acid groups is 4. The van der Waals surface area contributed by atoms with Gasteiger partial charge >= 0.3 is 82.7 Å². The molecule has 0 amide bonds. The fourth-order valence-corrected chi connectivity index (χ4v) is 4.40. The van der Waals surface area contributed by atoms with E-state index in [1.807, 2.05) is 0 Å². The molecule has 0 aliphatic rings. The van der Waals surface area contributed by atoms with Crippen LogP contribution in [-0.2, 0) is 31.2 Å². The van der Waals surface area contributed by atoms with Gasteiger partial charge in [0.2, 0.25) is 0 Å². The van der Waals surface area contributed by atoms with E-state index in [4.69, 9.17) is 29.4 Å². The van der Waals surface area contributed by atoms with Gasteiger partial charge < -0.3 is 29.4 Å². The normalized spacial score (nSPS) is 18.4. The van der Waals surface area contributed by atoms with Crippen LogP contribution in [0.15, 0.2) is 0 Å². The van der Waals surface area contributed by atoms with Crippen LogP contribution in [0.2, 0.25) is 0 Å². The van der Waals surface area contributed by atoms with Crippen LogP contribution in [0.25, 0.3) is 0 Å². The molecule has 0 heterocycles. The average molecular weight is 522 g/mol. The standard InChI is InChI=1S/K.Nd.H6O13P4.H/c;;1-14(2,3)11-16(7,8)13-17(9,10)12-15(4,5)6;/h;;(H,7,8)(H,9,10)(H2,1,2,3)(H2,4,5,6);. The molecular weight excluding hydrogens is 515 g/mol. The van der Waals surface area contributed by atoms with E-state index in [2.05, 4.69) is 12.9 Å². The van der Waals surface area contributed by atoms with Crippen molar-refractivity contribution < 1.29 is 101 Å². The molecule has 0 aliphatic heterocycles. The summed E-state index contributed by atoms with van der Waals surface area (Å²) in [5, 5.41) is 0. The number of hydrogen-bond acceptors (Lipinski definition) is 7. The molecule has 13 nitrogen and oxygen atoms in total. The molecule has 0 aromatic carbocycles. The van der Waals surface area contributed by atoms with E-state index in [1.54, 1.807) is 0 Å². The Morgan fingerprint density at radius 2 is 0.789 bits per heavy atom. The van der Waals surface area contributed by atoms with E-state index in [-0.39, 0.29) is 92.2 Å². The van der Waals surface area contributed by atoms with Crippen molar-refractivity contribution in [3.05, 3.63) is 0 Å². The molecule has 0 saturated heterocycles. The van der Waals surface area contributed by atoms with E-state index in [0.717, 1.165) is 0 Å². The van der Waals surface area contributed by atoms with Gasteiger partial charge in [0, 0.05) is 40.8 Å². The van der Waals surface area contributed by atoms with Crippen molar-refractivity contribution in [1.82, 2.24) is 0 Å². The maximum atomic E-state index is 10.7. The summed E-state index contributed by atoms with van der Waals surface area (Å²) in [6.45, 7) is 0. The predicted molar refractivity (Wildman–Crippen MR) is 54.1 cm³/mol. The van der Waals surface area contributed by atoms with Gasteiger partial charge in [0.25, 0.3) is 0 Å². The van der Waals surface area contributed by atoms with E-state index in [1.165, 1.54) is 0 Å². The molecule has 19 heteroatoms. The number of hydrogen-bond donors (Lipinski definition) is 6. The number of rotatable bonds is 6. The first-order valence-corrected chi connectivity index (χ1v) is 9.08. The van der Waals surface area contributed by atoms with Crippen molar-refractivity contribution in [2.75, 3.05) is 0 Å². The molecule has 2 unspecified atom stereocenters. The van der Waals surface area contributed by atoms with Crippen molar-refractivity contribution in [3.8, 4) is 0 Å². The van der Waals surface area contributed by atoms with Crippen molar-refractivity contribution in [3.63, 3.8) is 0 Å². The molecule has 0 rings (SSSR count). The molecule has 110 valence electrons. The van der Waals surface area contributed by atoms with Gasteiger partial charge in [0.05, 0.1) is 0 Å². The zero-order valence-electron chi connectivity index (χ0n) is 7.83. The second kappa shape index (κ2) is 9.75. The Labute approximate surface area is 181 Å². The Hall–Kier alpha value is 3.55. The Morgan fingerprint density at radius 1 is 0.579 bits per heavy atom. The fourth-order valence-electron chi connectivity index (χ4n) is 0.429. The third-order valence-corrected chi connectivity index (χ3v) is 5.63. The largest absolute Gasteiger partial charge is 0 e. The molecule has 0 aromatic heterocycles. The van der Waals surface area contributed by atoms with Crippen LogP contribution in [0.1, 0.15) is 0 Å². The van der Waals surface area contributed by atoms with Gasteiger partial charge in [0.1, 0.15) is 0 Å². The predicted octanol–water partition coefficient (Wildman–Crippen LogP) is -1.23. The summed E-state index contributed by atoms with van der Waals surface area (Å²) in [5.74, 6) is 0. The van der Waals surface area contributed by atoms with Crippen LogP contribution in [0, 0.1) is 40.8 Å². The first-order valence-electron chi connectivity index (χ1n) is 3.03. The second-order valence-electron chi connectivity index (χ2n) is 2.16. The molecule has 0 aliphatic carbocycles. The van der Waals surface area contributed by atoms with Crippen LogP contribution in [0.5, 0.6) is 0 Å². The average Bonchev–Trinajstić information content (AvgIpc) is 1.65. The van der Waals surface area contributed by atoms with Crippen LogP contribution in [-0.4, -0.2) is 80.7 Å². The van der Waals surface area contributed by atoms with Crippen molar-refractivity contribution in [2.24, 2.45) is 0 Å². The molecule has 0 spiro atoms. The van der Waals surface area contributed by atoms with Gasteiger partial charge in [0.15, 0.2) is 0 Å². The zero-order chi connectivity index (χ0) is 14.1. The smallest absolute Gasteiger partial charge is 0 e. The topological polar surface area (TPSA) is 217 Å². The summed E-state index contributed by atoms with van der Waals surface area (Å²) < 4.78 is 50.9. The van der Waals surface area contributed by atoms with Gasteiger partial charge in [-0.25, -0.2) is 18.3 Å². The van der Waals surface area contributed by atoms with Gasteiger partial charge in [-0.05, 0) is 0 Å². The maximum absolute atomic E-state index is 10.7. The molecule has 6 N–H and O–H groups in total. The van der Waals surface area contributed by atoms with Crippen molar-refractivity contribution in [1.29, 1.82) is 0 Å². The summed E-state index contributed by atoms with van der Waals surface area (Å²) in [6.07, 6.45) is 0. The maximum Gasteiger partial charge on any atom is 0 e. The minimum Gasteiger partial charge on any atom is 0 e. The van der Waals surface area contributed by atoms with Crippen molar-refractivity contribution >= 4 is 82.7 Å². The molecule has 0 saturated carbocycles. The SMILES string of the molecule is O=P(O)(O)OP(=O)(O)OP(=O)(O)OP(=O)(O)O.[KH].[Nd]. The van der Waals surface area contributed by atoms with Gasteiger partial charge in [-0.2, -0.15) is 12.9 Å². The summed E-state index contributed by atoms with van der Waals surface area (Å²) in [6, 6.07) is 0. The van der Waals surface area contributed by atoms with E-state index < -0.39 is 31.3 Å². The van der Waals surface area contributed by atoms with E-state index in [0.29, 0.717) is 0 Å². The summed E-state index contributed by atoms with van der Waals surface area (Å²) in [4.78, 5) is 49.4. The van der Waals surface area contributed by atoms with E-state index in [9.17, 15) is 18.3 Å². The van der Waals surface area contributed by atoms with Gasteiger partial charge in [-0.1, -0.05) is 0 Å². The fraction of sp³-hybridized carbons (Fsp3) is 0. The zero-order valence-corrected chi connectivity index (χ0v) is 14.6. The third-order valence-electron chi connectivity index (χ3n) is 0.625. The second-order valence-corrected chi connectivity index (χ2v) is 7.96. The Bertz CT molecular complexity index is 413. The Kier molecular flexibility index (Phi) is 14.1. The molecule has 0 radical (unpaired) electrons. The first-order chi connectivity index (χ1) is 7.12. The van der Waals surface area contributed by atoms with Crippen molar-refractivity contribution in [2.45, 2.75) is 0 Å². The van der Waals surface area contributed by atoms with Crippen LogP contribution in [0.4, 0.5) is 0 Å². The summed E-state index contributed by atoms with van der Waals surface area (Å²) >= 11 is 0. The molecule has 2 atom stereocenters.